The van der Waals surface area contributed by atoms with Crippen LogP contribution in [0.2, 0.25) is 10.0 Å². The van der Waals surface area contributed by atoms with Crippen LogP contribution in [0.4, 0.5) is 0 Å². The number of thiocarbonyl (C=S) groups is 1. The van der Waals surface area contributed by atoms with Crippen LogP contribution in [-0.2, 0) is 6.42 Å². The molecule has 11 heteroatoms. The fourth-order valence-corrected chi connectivity index (χ4v) is 4.00. The molecule has 3 rings (SSSR count). The Kier molecular flexibility index (Phi) is 6.59. The van der Waals surface area contributed by atoms with E-state index in [0.29, 0.717) is 34.9 Å². The molecule has 1 aromatic carbocycles. The minimum atomic E-state index is -0.607. The highest BCUT2D eigenvalue weighted by Gasteiger charge is 2.36. The van der Waals surface area contributed by atoms with E-state index in [1.165, 1.54) is 18.2 Å². The Morgan fingerprint density at radius 1 is 1.19 bits per heavy atom. The van der Waals surface area contributed by atoms with Crippen LogP contribution in [0, 0.1) is 12.3 Å². The molecule has 1 aromatic heterocycles. The lowest BCUT2D eigenvalue weighted by molar-refractivity contribution is 0.0828. The summed E-state index contributed by atoms with van der Waals surface area (Å²) in [5.41, 5.74) is 14.8. The van der Waals surface area contributed by atoms with E-state index >= 15 is 0 Å². The molecule has 0 fully saturated rings. The number of furan rings is 1. The first-order valence-corrected chi connectivity index (χ1v) is 10.5. The van der Waals surface area contributed by atoms with Gasteiger partial charge in [0.25, 0.3) is 5.91 Å². The van der Waals surface area contributed by atoms with Gasteiger partial charge >= 0.3 is 5.91 Å². The zero-order valence-electron chi connectivity index (χ0n) is 17.1. The van der Waals surface area contributed by atoms with Gasteiger partial charge in [-0.1, -0.05) is 37.0 Å². The number of carbonyl (C=O) groups is 2. The highest BCUT2D eigenvalue weighted by atomic mass is 35.5. The molecule has 1 aliphatic carbocycles. The fraction of sp³-hybridized carbons (Fsp3) is 0.300. The number of nitrogens with one attached hydrogen (secondary N) is 3. The molecule has 0 saturated heterocycles. The summed E-state index contributed by atoms with van der Waals surface area (Å²) >= 11 is 16.7. The molecule has 0 aliphatic heterocycles. The molecular weight excluding hydrogens is 461 g/mol. The van der Waals surface area contributed by atoms with E-state index in [1.807, 2.05) is 0 Å². The predicted octanol–water partition coefficient (Wildman–Crippen LogP) is 3.48. The van der Waals surface area contributed by atoms with E-state index in [-0.39, 0.29) is 26.9 Å². The molecule has 0 bridgehead atoms. The third-order valence-electron chi connectivity index (χ3n) is 4.77. The fourth-order valence-electron chi connectivity index (χ4n) is 3.46. The maximum atomic E-state index is 12.7. The van der Waals surface area contributed by atoms with Gasteiger partial charge in [0.2, 0.25) is 0 Å². The Morgan fingerprint density at radius 3 is 2.52 bits per heavy atom. The summed E-state index contributed by atoms with van der Waals surface area (Å²) in [6.45, 7) is 5.89. The molecule has 1 heterocycles. The highest BCUT2D eigenvalue weighted by molar-refractivity contribution is 7.80. The van der Waals surface area contributed by atoms with Crippen LogP contribution in [0.15, 0.2) is 27.7 Å². The van der Waals surface area contributed by atoms with Crippen molar-refractivity contribution >= 4 is 58.1 Å². The largest absolute Gasteiger partial charge is 0.455 e. The van der Waals surface area contributed by atoms with Crippen molar-refractivity contribution in [3.63, 3.8) is 0 Å². The number of halogens is 2. The number of benzene rings is 1. The minimum absolute atomic E-state index is 0.0418. The summed E-state index contributed by atoms with van der Waals surface area (Å²) in [5, 5.41) is 4.90. The van der Waals surface area contributed by atoms with Crippen LogP contribution >= 0.6 is 35.4 Å². The van der Waals surface area contributed by atoms with Crippen molar-refractivity contribution < 1.29 is 14.0 Å². The van der Waals surface area contributed by atoms with Crippen molar-refractivity contribution in [1.82, 2.24) is 16.3 Å². The molecule has 0 unspecified atom stereocenters. The number of hydrazine groups is 1. The minimum Gasteiger partial charge on any atom is -0.455 e. The number of rotatable bonds is 3. The van der Waals surface area contributed by atoms with Crippen molar-refractivity contribution in [2.24, 2.45) is 16.3 Å². The summed E-state index contributed by atoms with van der Waals surface area (Å²) in [6.07, 6.45) is 1.26. The Bertz CT molecular complexity index is 1110. The average molecular weight is 482 g/mol. The summed E-state index contributed by atoms with van der Waals surface area (Å²) < 4.78 is 5.87. The van der Waals surface area contributed by atoms with Gasteiger partial charge in [0.15, 0.2) is 10.9 Å². The van der Waals surface area contributed by atoms with Gasteiger partial charge in [0.05, 0.1) is 16.3 Å². The van der Waals surface area contributed by atoms with Crippen molar-refractivity contribution in [3.8, 4) is 0 Å². The summed E-state index contributed by atoms with van der Waals surface area (Å²) in [6, 6.07) is 4.43. The zero-order chi connectivity index (χ0) is 22.9. The van der Waals surface area contributed by atoms with E-state index in [2.05, 4.69) is 35.2 Å². The van der Waals surface area contributed by atoms with E-state index in [0.717, 1.165) is 5.56 Å². The monoisotopic (exact) mass is 481 g/mol. The number of fused-ring (bicyclic) bond motifs is 1. The molecule has 0 atom stereocenters. The number of carbonyl (C=O) groups excluding carboxylic acids is 2. The first kappa shape index (κ1) is 23.1. The lowest BCUT2D eigenvalue weighted by Gasteiger charge is -2.29. The Labute approximate surface area is 194 Å². The van der Waals surface area contributed by atoms with Gasteiger partial charge in [0, 0.05) is 22.6 Å². The molecule has 0 saturated carbocycles. The van der Waals surface area contributed by atoms with Crippen LogP contribution in [-0.4, -0.2) is 22.6 Å². The van der Waals surface area contributed by atoms with Crippen LogP contribution in [0.5, 0.6) is 0 Å². The smallest absolute Gasteiger partial charge is 0.305 e. The Balaban J connectivity index is 1.82. The van der Waals surface area contributed by atoms with Crippen molar-refractivity contribution in [2.45, 2.75) is 33.6 Å². The van der Waals surface area contributed by atoms with E-state index in [1.54, 1.807) is 6.92 Å². The van der Waals surface area contributed by atoms with E-state index < -0.39 is 11.8 Å². The number of hydrogen-bond donors (Lipinski definition) is 4. The SMILES string of the molecule is Cc1c(C(=O)NNC(=O)c2ccc(Cl)cc2Cl)oc2c1/C(=N\NC(N)=S)CC(C)(C)C2. The molecule has 1 aliphatic rings. The zero-order valence-corrected chi connectivity index (χ0v) is 19.4. The van der Waals surface area contributed by atoms with Gasteiger partial charge in [-0.2, -0.15) is 5.10 Å². The first-order chi connectivity index (χ1) is 14.5. The van der Waals surface area contributed by atoms with Gasteiger partial charge in [0.1, 0.15) is 5.76 Å². The molecular formula is C20H21Cl2N5O3S. The maximum absolute atomic E-state index is 12.7. The van der Waals surface area contributed by atoms with Gasteiger partial charge in [-0.25, -0.2) is 0 Å². The molecule has 8 nitrogen and oxygen atoms in total. The van der Waals surface area contributed by atoms with Crippen LogP contribution in [0.3, 0.4) is 0 Å². The van der Waals surface area contributed by atoms with Crippen molar-refractivity contribution in [2.75, 3.05) is 0 Å². The quantitative estimate of drug-likeness (QED) is 0.393. The third-order valence-corrected chi connectivity index (χ3v) is 5.41. The van der Waals surface area contributed by atoms with Crippen molar-refractivity contribution in [3.05, 3.63) is 56.5 Å². The molecule has 2 aromatic rings. The second-order valence-corrected chi connectivity index (χ2v) is 9.22. The van der Waals surface area contributed by atoms with E-state index in [4.69, 9.17) is 45.6 Å². The lowest BCUT2D eigenvalue weighted by Crippen LogP contribution is -2.41. The predicted molar refractivity (Wildman–Crippen MR) is 123 cm³/mol. The molecule has 0 spiro atoms. The molecule has 2 amide bonds. The van der Waals surface area contributed by atoms with Crippen molar-refractivity contribution in [1.29, 1.82) is 0 Å². The topological polar surface area (TPSA) is 122 Å². The third kappa shape index (κ3) is 5.17. The molecule has 5 N–H and O–H groups in total. The highest BCUT2D eigenvalue weighted by Crippen LogP contribution is 2.38. The normalized spacial score (nSPS) is 15.8. The van der Waals surface area contributed by atoms with Gasteiger partial charge in [-0.15, -0.1) is 0 Å². The summed E-state index contributed by atoms with van der Waals surface area (Å²) in [5.74, 6) is -0.486. The van der Waals surface area contributed by atoms with Gasteiger partial charge in [-0.05, 0) is 49.2 Å². The Hall–Kier alpha value is -2.62. The standard InChI is InChI=1S/C20H21Cl2N5O3S/c1-9-15-13(24-27-19(23)31)7-20(2,3)8-14(15)30-16(9)18(29)26-25-17(28)11-5-4-10(21)6-12(11)22/h4-6H,7-8H2,1-3H3,(H,25,28)(H,26,29)(H3,23,27,31)/b24-13-. The lowest BCUT2D eigenvalue weighted by atomic mass is 9.75. The summed E-state index contributed by atoms with van der Waals surface area (Å²) in [7, 11) is 0. The van der Waals surface area contributed by atoms with Crippen LogP contribution < -0.4 is 22.0 Å². The van der Waals surface area contributed by atoms with Gasteiger partial charge < -0.3 is 10.2 Å². The van der Waals surface area contributed by atoms with Gasteiger partial charge in [-0.3, -0.25) is 25.9 Å². The average Bonchev–Trinajstić information content (AvgIpc) is 2.99. The van der Waals surface area contributed by atoms with Crippen LogP contribution in [0.1, 0.15) is 58.1 Å². The molecule has 164 valence electrons. The second-order valence-electron chi connectivity index (χ2n) is 7.94. The number of nitrogens with zero attached hydrogens (tertiary/aromatic N) is 1. The first-order valence-electron chi connectivity index (χ1n) is 9.29. The van der Waals surface area contributed by atoms with E-state index in [9.17, 15) is 9.59 Å². The number of hydrogen-bond acceptors (Lipinski definition) is 5. The number of amides is 2. The molecule has 31 heavy (non-hydrogen) atoms. The number of nitrogens with two attached hydrogens (primary N) is 1. The maximum Gasteiger partial charge on any atom is 0.305 e. The van der Waals surface area contributed by atoms with Crippen LogP contribution in [0.25, 0.3) is 0 Å². The summed E-state index contributed by atoms with van der Waals surface area (Å²) in [4.78, 5) is 25.1. The Morgan fingerprint density at radius 2 is 1.87 bits per heavy atom. The number of hydrazone groups is 1. The second kappa shape index (κ2) is 8.86. The molecule has 0 radical (unpaired) electrons.